The summed E-state index contributed by atoms with van der Waals surface area (Å²) in [6.45, 7) is 2.76. The number of nitrogen functional groups attached to an aromatic ring is 1. The Morgan fingerprint density at radius 2 is 2.46 bits per heavy atom. The number of amides is 1. The zero-order valence-corrected chi connectivity index (χ0v) is 7.41. The fraction of sp³-hybridized carbons (Fsp3) is 0.500. The lowest BCUT2D eigenvalue weighted by molar-refractivity contribution is -0.129. The maximum Gasteiger partial charge on any atom is 0.292 e. The zero-order chi connectivity index (χ0) is 9.42. The van der Waals surface area contributed by atoms with E-state index in [-0.39, 0.29) is 11.9 Å². The van der Waals surface area contributed by atoms with E-state index in [0.717, 1.165) is 11.5 Å². The van der Waals surface area contributed by atoms with Crippen molar-refractivity contribution in [1.82, 2.24) is 9.88 Å². The van der Waals surface area contributed by atoms with Crippen molar-refractivity contribution in [3.8, 4) is 0 Å². The molecule has 1 aromatic heterocycles. The molecule has 0 aliphatic carbocycles. The van der Waals surface area contributed by atoms with Crippen molar-refractivity contribution in [2.75, 3.05) is 12.3 Å². The highest BCUT2D eigenvalue weighted by molar-refractivity contribution is 5.73. The molecule has 1 aromatic rings. The Morgan fingerprint density at radius 1 is 1.69 bits per heavy atom. The Bertz CT molecular complexity index is 345. The van der Waals surface area contributed by atoms with Crippen LogP contribution in [0.4, 0.5) is 6.01 Å². The van der Waals surface area contributed by atoms with Gasteiger partial charge in [-0.3, -0.25) is 4.79 Å². The maximum absolute atomic E-state index is 11.1. The van der Waals surface area contributed by atoms with Crippen molar-refractivity contribution in [2.24, 2.45) is 0 Å². The van der Waals surface area contributed by atoms with Gasteiger partial charge in [-0.25, -0.2) is 0 Å². The molecule has 0 saturated carbocycles. The molecule has 1 amide bonds. The van der Waals surface area contributed by atoms with E-state index < -0.39 is 0 Å². The van der Waals surface area contributed by atoms with Crippen LogP contribution in [0.2, 0.25) is 0 Å². The molecule has 2 heterocycles. The quantitative estimate of drug-likeness (QED) is 0.618. The van der Waals surface area contributed by atoms with E-state index in [1.807, 2.05) is 0 Å². The number of hydrogen-bond donors (Lipinski definition) is 1. The maximum atomic E-state index is 11.1. The number of anilines is 1. The molecule has 2 rings (SSSR count). The van der Waals surface area contributed by atoms with Gasteiger partial charge in [-0.1, -0.05) is 0 Å². The summed E-state index contributed by atoms with van der Waals surface area (Å²) in [6.07, 6.45) is 0.707. The van der Waals surface area contributed by atoms with Crippen molar-refractivity contribution in [2.45, 2.75) is 19.9 Å². The van der Waals surface area contributed by atoms with Crippen LogP contribution in [0.25, 0.3) is 0 Å². The lowest BCUT2D eigenvalue weighted by atomic mass is 10.2. The summed E-state index contributed by atoms with van der Waals surface area (Å²) < 4.78 is 5.16. The molecular formula is C8H11N3O2. The van der Waals surface area contributed by atoms with E-state index in [1.54, 1.807) is 11.8 Å². The number of hydrogen-bond acceptors (Lipinski definition) is 4. The average Bonchev–Trinajstić information content (AvgIpc) is 2.42. The molecule has 0 spiro atoms. The number of aromatic nitrogens is 1. The van der Waals surface area contributed by atoms with Gasteiger partial charge in [0.05, 0.1) is 6.54 Å². The summed E-state index contributed by atoms with van der Waals surface area (Å²) in [5, 5.41) is 0. The third-order valence-electron chi connectivity index (χ3n) is 2.19. The topological polar surface area (TPSA) is 72.4 Å². The molecule has 13 heavy (non-hydrogen) atoms. The molecule has 0 saturated heterocycles. The van der Waals surface area contributed by atoms with Crippen molar-refractivity contribution in [3.05, 3.63) is 11.5 Å². The molecule has 5 heteroatoms. The first-order valence-electron chi connectivity index (χ1n) is 4.16. The van der Waals surface area contributed by atoms with E-state index in [9.17, 15) is 4.79 Å². The van der Waals surface area contributed by atoms with Crippen LogP contribution in [0.15, 0.2) is 4.42 Å². The fourth-order valence-electron chi connectivity index (χ4n) is 1.49. The molecule has 0 unspecified atom stereocenters. The minimum atomic E-state index is 0.0622. The summed E-state index contributed by atoms with van der Waals surface area (Å²) in [5.41, 5.74) is 6.19. The number of fused-ring (bicyclic) bond motifs is 1. The lowest BCUT2D eigenvalue weighted by Crippen LogP contribution is -2.33. The van der Waals surface area contributed by atoms with Gasteiger partial charge in [-0.2, -0.15) is 4.98 Å². The molecule has 5 nitrogen and oxygen atoms in total. The second-order valence-electron chi connectivity index (χ2n) is 3.11. The van der Waals surface area contributed by atoms with Gasteiger partial charge in [-0.15, -0.1) is 0 Å². The summed E-state index contributed by atoms with van der Waals surface area (Å²) in [5.74, 6) is 0.877. The number of nitrogens with zero attached hydrogens (tertiary/aromatic N) is 2. The molecule has 0 radical (unpaired) electrons. The molecular weight excluding hydrogens is 170 g/mol. The number of carbonyl (C=O) groups excluding carboxylic acids is 1. The molecule has 1 aliphatic rings. The second-order valence-corrected chi connectivity index (χ2v) is 3.11. The first-order chi connectivity index (χ1) is 6.16. The van der Waals surface area contributed by atoms with Gasteiger partial charge in [0.1, 0.15) is 11.5 Å². The fourth-order valence-corrected chi connectivity index (χ4v) is 1.49. The largest absolute Gasteiger partial charge is 0.428 e. The highest BCUT2D eigenvalue weighted by atomic mass is 16.4. The van der Waals surface area contributed by atoms with Crippen LogP contribution in [-0.2, 0) is 17.8 Å². The van der Waals surface area contributed by atoms with Crippen molar-refractivity contribution in [1.29, 1.82) is 0 Å². The Hall–Kier alpha value is -1.52. The highest BCUT2D eigenvalue weighted by Crippen LogP contribution is 2.20. The van der Waals surface area contributed by atoms with E-state index in [2.05, 4.69) is 4.98 Å². The predicted molar refractivity (Wildman–Crippen MR) is 45.7 cm³/mol. The van der Waals surface area contributed by atoms with Crippen molar-refractivity contribution >= 4 is 11.9 Å². The predicted octanol–water partition coefficient (Wildman–Crippen LogP) is 0.161. The second kappa shape index (κ2) is 2.76. The highest BCUT2D eigenvalue weighted by Gasteiger charge is 2.22. The van der Waals surface area contributed by atoms with Crippen LogP contribution in [0.5, 0.6) is 0 Å². The summed E-state index contributed by atoms with van der Waals surface area (Å²) in [4.78, 5) is 16.8. The molecule has 0 bridgehead atoms. The van der Waals surface area contributed by atoms with Crippen LogP contribution in [0, 0.1) is 0 Å². The van der Waals surface area contributed by atoms with Gasteiger partial charge < -0.3 is 15.1 Å². The molecule has 2 N–H and O–H groups in total. The lowest BCUT2D eigenvalue weighted by Gasteiger charge is -2.23. The first-order valence-corrected chi connectivity index (χ1v) is 4.16. The molecule has 0 aromatic carbocycles. The Labute approximate surface area is 75.5 Å². The molecule has 70 valence electrons. The van der Waals surface area contributed by atoms with Gasteiger partial charge in [0.15, 0.2) is 0 Å². The number of oxazole rings is 1. The monoisotopic (exact) mass is 181 g/mol. The first kappa shape index (κ1) is 8.10. The number of rotatable bonds is 0. The van der Waals surface area contributed by atoms with Crippen molar-refractivity contribution in [3.63, 3.8) is 0 Å². The summed E-state index contributed by atoms with van der Waals surface area (Å²) >= 11 is 0. The minimum absolute atomic E-state index is 0.0622. The van der Waals surface area contributed by atoms with Gasteiger partial charge in [-0.05, 0) is 0 Å². The van der Waals surface area contributed by atoms with Crippen LogP contribution >= 0.6 is 0 Å². The van der Waals surface area contributed by atoms with Gasteiger partial charge in [0, 0.05) is 19.9 Å². The Balaban J connectivity index is 2.24. The summed E-state index contributed by atoms with van der Waals surface area (Å²) in [6, 6.07) is 0.190. The average molecular weight is 181 g/mol. The number of nitrogens with two attached hydrogens (primary N) is 1. The van der Waals surface area contributed by atoms with Gasteiger partial charge in [0.25, 0.3) is 6.01 Å². The van der Waals surface area contributed by atoms with Crippen molar-refractivity contribution < 1.29 is 9.21 Å². The SMILES string of the molecule is CC(=O)N1CCc2oc(N)nc2C1. The minimum Gasteiger partial charge on any atom is -0.428 e. The Morgan fingerprint density at radius 3 is 3.15 bits per heavy atom. The van der Waals surface area contributed by atoms with Gasteiger partial charge >= 0.3 is 0 Å². The smallest absolute Gasteiger partial charge is 0.292 e. The van der Waals surface area contributed by atoms with Crippen LogP contribution in [0.3, 0.4) is 0 Å². The van der Waals surface area contributed by atoms with E-state index in [1.165, 1.54) is 0 Å². The normalized spacial score (nSPS) is 15.6. The Kier molecular flexibility index (Phi) is 1.72. The van der Waals surface area contributed by atoms with Crippen LogP contribution in [0.1, 0.15) is 18.4 Å². The number of carbonyl (C=O) groups is 1. The van der Waals surface area contributed by atoms with E-state index in [0.29, 0.717) is 19.5 Å². The standard InChI is InChI=1S/C8H11N3O2/c1-5(12)11-3-2-7-6(4-11)10-8(9)13-7/h2-4H2,1H3,(H2,9,10). The summed E-state index contributed by atoms with van der Waals surface area (Å²) in [7, 11) is 0. The third kappa shape index (κ3) is 1.37. The van der Waals surface area contributed by atoms with E-state index in [4.69, 9.17) is 10.2 Å². The zero-order valence-electron chi connectivity index (χ0n) is 7.41. The molecule has 0 atom stereocenters. The van der Waals surface area contributed by atoms with E-state index >= 15 is 0 Å². The van der Waals surface area contributed by atoms with Crippen LogP contribution in [-0.4, -0.2) is 22.3 Å². The van der Waals surface area contributed by atoms with Crippen LogP contribution < -0.4 is 5.73 Å². The molecule has 0 fully saturated rings. The third-order valence-corrected chi connectivity index (χ3v) is 2.19. The van der Waals surface area contributed by atoms with Gasteiger partial charge in [0.2, 0.25) is 5.91 Å². The molecule has 1 aliphatic heterocycles.